The topological polar surface area (TPSA) is 101 Å². The van der Waals surface area contributed by atoms with Crippen LogP contribution in [0.2, 0.25) is 0 Å². The van der Waals surface area contributed by atoms with E-state index in [9.17, 15) is 22.7 Å². The van der Waals surface area contributed by atoms with Gasteiger partial charge in [0, 0.05) is 0 Å². The minimum absolute atomic E-state index is 0.0591. The predicted molar refractivity (Wildman–Crippen MR) is 92.5 cm³/mol. The summed E-state index contributed by atoms with van der Waals surface area (Å²) >= 11 is 0. The van der Waals surface area contributed by atoms with Gasteiger partial charge in [-0.05, 0) is 30.7 Å². The number of rotatable bonds is 5. The van der Waals surface area contributed by atoms with Crippen molar-refractivity contribution in [3.05, 3.63) is 71.8 Å². The molecule has 0 spiro atoms. The van der Waals surface area contributed by atoms with E-state index in [1.807, 2.05) is 0 Å². The zero-order chi connectivity index (χ0) is 18.9. The number of sulfonamides is 1. The van der Waals surface area contributed by atoms with E-state index < -0.39 is 21.8 Å². The number of anilines is 1. The molecule has 1 aromatic heterocycles. The summed E-state index contributed by atoms with van der Waals surface area (Å²) in [4.78, 5) is 11.2. The lowest BCUT2D eigenvalue weighted by Crippen LogP contribution is -2.16. The second-order valence-electron chi connectivity index (χ2n) is 5.48. The van der Waals surface area contributed by atoms with Gasteiger partial charge >= 0.3 is 5.97 Å². The van der Waals surface area contributed by atoms with Gasteiger partial charge in [0.2, 0.25) is 0 Å². The van der Waals surface area contributed by atoms with Crippen LogP contribution in [-0.2, 0) is 10.0 Å². The normalized spacial score (nSPS) is 11.3. The first-order valence-corrected chi connectivity index (χ1v) is 8.93. The molecule has 0 aliphatic rings. The number of carboxylic acid groups (broad SMARTS) is 1. The molecule has 26 heavy (non-hydrogen) atoms. The third kappa shape index (κ3) is 3.29. The van der Waals surface area contributed by atoms with E-state index in [0.29, 0.717) is 5.56 Å². The average Bonchev–Trinajstić information content (AvgIpc) is 3.05. The highest BCUT2D eigenvalue weighted by molar-refractivity contribution is 7.92. The maximum absolute atomic E-state index is 13.8. The van der Waals surface area contributed by atoms with Gasteiger partial charge in [-0.15, -0.1) is 0 Å². The molecular weight excluding hydrogens is 361 g/mol. The van der Waals surface area contributed by atoms with Crippen LogP contribution in [0.4, 0.5) is 10.1 Å². The van der Waals surface area contributed by atoms with Gasteiger partial charge < -0.3 is 5.11 Å². The summed E-state index contributed by atoms with van der Waals surface area (Å²) in [6.45, 7) is 1.57. The number of halogens is 1. The van der Waals surface area contributed by atoms with Crippen LogP contribution in [0.3, 0.4) is 0 Å². The lowest BCUT2D eigenvalue weighted by atomic mass is 10.1. The van der Waals surface area contributed by atoms with E-state index in [2.05, 4.69) is 9.82 Å². The third-order valence-electron chi connectivity index (χ3n) is 3.70. The molecule has 0 saturated carbocycles. The Hall–Kier alpha value is -3.20. The third-order valence-corrected chi connectivity index (χ3v) is 5.02. The highest BCUT2D eigenvalue weighted by Crippen LogP contribution is 2.23. The monoisotopic (exact) mass is 375 g/mol. The van der Waals surface area contributed by atoms with Gasteiger partial charge in [0.15, 0.2) is 0 Å². The fraction of sp³-hybridized carbons (Fsp3) is 0.0588. The molecular formula is C17H14FN3O4S. The Labute approximate surface area is 148 Å². The quantitative estimate of drug-likeness (QED) is 0.714. The van der Waals surface area contributed by atoms with E-state index in [-0.39, 0.29) is 21.8 Å². The number of aromatic nitrogens is 2. The Bertz CT molecular complexity index is 1090. The number of hydrogen-bond acceptors (Lipinski definition) is 4. The van der Waals surface area contributed by atoms with Crippen molar-refractivity contribution in [3.63, 3.8) is 0 Å². The lowest BCUT2D eigenvalue weighted by molar-refractivity contribution is 0.0697. The lowest BCUT2D eigenvalue weighted by Gasteiger charge is -2.11. The fourth-order valence-corrected chi connectivity index (χ4v) is 3.46. The van der Waals surface area contributed by atoms with Gasteiger partial charge in [0.25, 0.3) is 10.0 Å². The molecule has 134 valence electrons. The highest BCUT2D eigenvalue weighted by atomic mass is 32.2. The van der Waals surface area contributed by atoms with Crippen LogP contribution in [0.1, 0.15) is 15.9 Å². The molecule has 0 radical (unpaired) electrons. The maximum atomic E-state index is 13.8. The first kappa shape index (κ1) is 17.6. The number of aromatic carboxylic acids is 1. The van der Waals surface area contributed by atoms with Crippen LogP contribution in [0.25, 0.3) is 5.69 Å². The van der Waals surface area contributed by atoms with Gasteiger partial charge in [0.05, 0.1) is 23.6 Å². The molecule has 3 rings (SSSR count). The van der Waals surface area contributed by atoms with Crippen LogP contribution in [-0.4, -0.2) is 29.3 Å². The zero-order valence-corrected chi connectivity index (χ0v) is 14.4. The van der Waals surface area contributed by atoms with Crippen molar-refractivity contribution in [1.29, 1.82) is 0 Å². The largest absolute Gasteiger partial charge is 0.478 e. The molecule has 0 aliphatic heterocycles. The zero-order valence-electron chi connectivity index (χ0n) is 13.5. The minimum Gasteiger partial charge on any atom is -0.478 e. The van der Waals surface area contributed by atoms with E-state index in [4.69, 9.17) is 0 Å². The SMILES string of the molecule is Cc1cccc(NS(=O)(=O)c2cnn(-c3ccccc3F)c2)c1C(=O)O. The fourth-order valence-electron chi connectivity index (χ4n) is 2.45. The number of nitrogens with one attached hydrogen (secondary N) is 1. The molecule has 9 heteroatoms. The first-order chi connectivity index (χ1) is 12.3. The number of carboxylic acids is 1. The van der Waals surface area contributed by atoms with Crippen molar-refractivity contribution < 1.29 is 22.7 Å². The van der Waals surface area contributed by atoms with Crippen molar-refractivity contribution in [2.45, 2.75) is 11.8 Å². The highest BCUT2D eigenvalue weighted by Gasteiger charge is 2.22. The summed E-state index contributed by atoms with van der Waals surface area (Å²) in [7, 11) is -4.11. The summed E-state index contributed by atoms with van der Waals surface area (Å²) in [5, 5.41) is 13.2. The van der Waals surface area contributed by atoms with Gasteiger partial charge in [-0.2, -0.15) is 5.10 Å². The van der Waals surface area contributed by atoms with Gasteiger partial charge in [-0.1, -0.05) is 24.3 Å². The number of para-hydroxylation sites is 1. The van der Waals surface area contributed by atoms with Crippen LogP contribution in [0.15, 0.2) is 59.8 Å². The standard InChI is InChI=1S/C17H14FN3O4S/c1-11-5-4-7-14(16(11)17(22)23)20-26(24,25)12-9-19-21(10-12)15-8-3-2-6-13(15)18/h2-10,20H,1H3,(H,22,23). The Morgan fingerprint density at radius 1 is 1.19 bits per heavy atom. The maximum Gasteiger partial charge on any atom is 0.338 e. The molecule has 3 aromatic rings. The molecule has 0 aliphatic carbocycles. The second kappa shape index (κ2) is 6.60. The predicted octanol–water partition coefficient (Wildman–Crippen LogP) is 2.82. The van der Waals surface area contributed by atoms with Gasteiger partial charge in [0.1, 0.15) is 16.4 Å². The number of benzene rings is 2. The van der Waals surface area contributed by atoms with Crippen molar-refractivity contribution in [3.8, 4) is 5.69 Å². The first-order valence-electron chi connectivity index (χ1n) is 7.45. The minimum atomic E-state index is -4.11. The van der Waals surface area contributed by atoms with Crippen LogP contribution in [0.5, 0.6) is 0 Å². The summed E-state index contributed by atoms with van der Waals surface area (Å²) in [6, 6.07) is 10.3. The Kier molecular flexibility index (Phi) is 4.47. The molecule has 0 fully saturated rings. The van der Waals surface area contributed by atoms with Crippen LogP contribution >= 0.6 is 0 Å². The second-order valence-corrected chi connectivity index (χ2v) is 7.16. The number of carbonyl (C=O) groups is 1. The summed E-state index contributed by atoms with van der Waals surface area (Å²) in [5.41, 5.74) is 0.309. The van der Waals surface area contributed by atoms with Crippen molar-refractivity contribution in [1.82, 2.24) is 9.78 Å². The van der Waals surface area contributed by atoms with Crippen molar-refractivity contribution in [2.75, 3.05) is 4.72 Å². The van der Waals surface area contributed by atoms with E-state index in [0.717, 1.165) is 17.1 Å². The summed E-state index contributed by atoms with van der Waals surface area (Å²) < 4.78 is 42.3. The molecule has 0 saturated heterocycles. The van der Waals surface area contributed by atoms with Crippen LogP contribution in [0, 0.1) is 12.7 Å². The number of nitrogens with zero attached hydrogens (tertiary/aromatic N) is 2. The van der Waals surface area contributed by atoms with Crippen molar-refractivity contribution >= 4 is 21.7 Å². The Balaban J connectivity index is 1.97. The smallest absolute Gasteiger partial charge is 0.338 e. The molecule has 2 N–H and O–H groups in total. The summed E-state index contributed by atoms with van der Waals surface area (Å²) in [6.07, 6.45) is 2.21. The Morgan fingerprint density at radius 2 is 1.92 bits per heavy atom. The number of hydrogen-bond donors (Lipinski definition) is 2. The van der Waals surface area contributed by atoms with Crippen molar-refractivity contribution in [2.24, 2.45) is 0 Å². The molecule has 7 nitrogen and oxygen atoms in total. The molecule has 2 aromatic carbocycles. The Morgan fingerprint density at radius 3 is 2.62 bits per heavy atom. The molecule has 0 amide bonds. The molecule has 1 heterocycles. The van der Waals surface area contributed by atoms with Gasteiger partial charge in [-0.3, -0.25) is 4.72 Å². The van der Waals surface area contributed by atoms with E-state index >= 15 is 0 Å². The molecule has 0 unspecified atom stereocenters. The van der Waals surface area contributed by atoms with E-state index in [1.54, 1.807) is 25.1 Å². The molecule has 0 atom stereocenters. The van der Waals surface area contributed by atoms with Gasteiger partial charge in [-0.25, -0.2) is 22.3 Å². The van der Waals surface area contributed by atoms with Crippen LogP contribution < -0.4 is 4.72 Å². The molecule has 0 bridgehead atoms. The van der Waals surface area contributed by atoms with E-state index in [1.165, 1.54) is 24.3 Å². The summed E-state index contributed by atoms with van der Waals surface area (Å²) in [5.74, 6) is -1.80. The average molecular weight is 375 g/mol. The number of aryl methyl sites for hydroxylation is 1.